The quantitative estimate of drug-likeness (QED) is 0.173. The molecule has 2 heterocycles. The van der Waals surface area contributed by atoms with E-state index in [1.165, 1.54) is 10.9 Å². The summed E-state index contributed by atoms with van der Waals surface area (Å²) >= 11 is 0. The van der Waals surface area contributed by atoms with Gasteiger partial charge >= 0.3 is 0 Å². The van der Waals surface area contributed by atoms with E-state index >= 15 is 0 Å². The molecule has 0 aliphatic carbocycles. The van der Waals surface area contributed by atoms with E-state index in [4.69, 9.17) is 8.83 Å². The van der Waals surface area contributed by atoms with Crippen molar-refractivity contribution in [1.82, 2.24) is 0 Å². The minimum atomic E-state index is 0.887. The summed E-state index contributed by atoms with van der Waals surface area (Å²) in [5.74, 6) is 0. The first-order valence-corrected chi connectivity index (χ1v) is 18.7. The van der Waals surface area contributed by atoms with Gasteiger partial charge in [-0.05, 0) is 105 Å². The van der Waals surface area contributed by atoms with Crippen molar-refractivity contribution < 1.29 is 8.83 Å². The van der Waals surface area contributed by atoms with Gasteiger partial charge in [0, 0.05) is 44.0 Å². The minimum absolute atomic E-state index is 0.887. The summed E-state index contributed by atoms with van der Waals surface area (Å²) in [4.78, 5) is 2.35. The summed E-state index contributed by atoms with van der Waals surface area (Å²) in [5.41, 5.74) is 13.7. The van der Waals surface area contributed by atoms with E-state index in [1.54, 1.807) is 0 Å². The lowest BCUT2D eigenvalue weighted by molar-refractivity contribution is 0.669. The zero-order chi connectivity index (χ0) is 36.3. The molecular weight excluding hydrogens is 671 g/mol. The van der Waals surface area contributed by atoms with Crippen LogP contribution < -0.4 is 4.90 Å². The molecular formula is C52H33NO2. The zero-order valence-corrected chi connectivity index (χ0v) is 29.8. The highest BCUT2D eigenvalue weighted by molar-refractivity contribution is 6.19. The van der Waals surface area contributed by atoms with Gasteiger partial charge in [0.1, 0.15) is 22.3 Å². The van der Waals surface area contributed by atoms with Crippen LogP contribution in [0.1, 0.15) is 0 Å². The Bertz CT molecular complexity index is 3210. The van der Waals surface area contributed by atoms with Gasteiger partial charge in [0.15, 0.2) is 0 Å². The van der Waals surface area contributed by atoms with Crippen LogP contribution in [0.3, 0.4) is 0 Å². The van der Waals surface area contributed by atoms with Crippen LogP contribution in [0.4, 0.5) is 17.1 Å². The summed E-state index contributed by atoms with van der Waals surface area (Å²) in [6, 6.07) is 71.0. The summed E-state index contributed by atoms with van der Waals surface area (Å²) in [5, 5.41) is 6.82. The normalized spacial score (nSPS) is 11.6. The lowest BCUT2D eigenvalue weighted by Gasteiger charge is -2.27. The zero-order valence-electron chi connectivity index (χ0n) is 29.8. The number of fused-ring (bicyclic) bond motifs is 8. The van der Waals surface area contributed by atoms with Crippen molar-refractivity contribution in [3.8, 4) is 33.4 Å². The fourth-order valence-electron chi connectivity index (χ4n) is 8.22. The Morgan fingerprint density at radius 1 is 0.309 bits per heavy atom. The van der Waals surface area contributed by atoms with E-state index in [9.17, 15) is 0 Å². The maximum absolute atomic E-state index is 6.57. The molecule has 0 amide bonds. The van der Waals surface area contributed by atoms with Crippen LogP contribution >= 0.6 is 0 Å². The van der Waals surface area contributed by atoms with Crippen LogP contribution in [0, 0.1) is 0 Å². The van der Waals surface area contributed by atoms with Gasteiger partial charge in [-0.15, -0.1) is 0 Å². The van der Waals surface area contributed by atoms with E-state index in [2.05, 4.69) is 193 Å². The third-order valence-corrected chi connectivity index (χ3v) is 10.9. The highest BCUT2D eigenvalue weighted by Gasteiger charge is 2.18. The molecule has 3 heteroatoms. The molecule has 9 aromatic carbocycles. The molecule has 0 spiro atoms. The molecule has 0 saturated carbocycles. The van der Waals surface area contributed by atoms with E-state index < -0.39 is 0 Å². The molecule has 0 N–H and O–H groups in total. The van der Waals surface area contributed by atoms with Crippen LogP contribution in [-0.4, -0.2) is 0 Å². The van der Waals surface area contributed by atoms with Crippen molar-refractivity contribution in [3.05, 3.63) is 200 Å². The van der Waals surface area contributed by atoms with Crippen molar-refractivity contribution in [1.29, 1.82) is 0 Å². The molecule has 0 aliphatic heterocycles. The summed E-state index contributed by atoms with van der Waals surface area (Å²) in [6.45, 7) is 0. The fourth-order valence-corrected chi connectivity index (χ4v) is 8.22. The average molecular weight is 704 g/mol. The first-order valence-electron chi connectivity index (χ1n) is 18.7. The number of hydrogen-bond donors (Lipinski definition) is 0. The molecule has 2 aromatic heterocycles. The van der Waals surface area contributed by atoms with Crippen LogP contribution in [0.15, 0.2) is 209 Å². The number of para-hydroxylation sites is 1. The number of nitrogens with zero attached hydrogens (tertiary/aromatic N) is 1. The largest absolute Gasteiger partial charge is 0.456 e. The van der Waals surface area contributed by atoms with Crippen molar-refractivity contribution in [2.45, 2.75) is 0 Å². The molecule has 3 nitrogen and oxygen atoms in total. The minimum Gasteiger partial charge on any atom is -0.456 e. The number of rotatable bonds is 6. The number of hydrogen-bond acceptors (Lipinski definition) is 3. The van der Waals surface area contributed by atoms with Crippen molar-refractivity contribution in [3.63, 3.8) is 0 Å². The van der Waals surface area contributed by atoms with Crippen LogP contribution in [-0.2, 0) is 0 Å². The van der Waals surface area contributed by atoms with Crippen LogP contribution in [0.25, 0.3) is 88.0 Å². The summed E-state index contributed by atoms with van der Waals surface area (Å²) in [7, 11) is 0. The SMILES string of the molecule is c1ccc(-c2cccc(N(c3ccc(-c4ccc5c(c4)oc4ccccc45)cc3)c3cccc(-c4cccc5oc6c7ccccc7ccc6c45)c3)c2)cc1. The molecule has 0 aliphatic rings. The molecule has 55 heavy (non-hydrogen) atoms. The molecule has 0 bridgehead atoms. The Labute approximate surface area is 317 Å². The van der Waals surface area contributed by atoms with Gasteiger partial charge in [0.2, 0.25) is 0 Å². The smallest absolute Gasteiger partial charge is 0.143 e. The van der Waals surface area contributed by atoms with Gasteiger partial charge in [0.05, 0.1) is 0 Å². The van der Waals surface area contributed by atoms with Gasteiger partial charge < -0.3 is 13.7 Å². The molecule has 11 aromatic rings. The van der Waals surface area contributed by atoms with Crippen LogP contribution in [0.2, 0.25) is 0 Å². The Morgan fingerprint density at radius 3 is 1.76 bits per heavy atom. The topological polar surface area (TPSA) is 29.5 Å². The monoisotopic (exact) mass is 703 g/mol. The second-order valence-corrected chi connectivity index (χ2v) is 14.1. The second kappa shape index (κ2) is 12.6. The Balaban J connectivity index is 1.04. The Hall–Kier alpha value is -7.36. The third-order valence-electron chi connectivity index (χ3n) is 10.9. The molecule has 11 rings (SSSR count). The van der Waals surface area contributed by atoms with Crippen LogP contribution in [0.5, 0.6) is 0 Å². The Morgan fingerprint density at radius 2 is 0.909 bits per heavy atom. The predicted octanol–water partition coefficient (Wildman–Crippen LogP) is 15.1. The van der Waals surface area contributed by atoms with Gasteiger partial charge in [-0.3, -0.25) is 0 Å². The average Bonchev–Trinajstić information content (AvgIpc) is 3.83. The second-order valence-electron chi connectivity index (χ2n) is 14.1. The van der Waals surface area contributed by atoms with Gasteiger partial charge in [-0.2, -0.15) is 0 Å². The van der Waals surface area contributed by atoms with Crippen molar-refractivity contribution in [2.24, 2.45) is 0 Å². The first-order chi connectivity index (χ1) is 27.2. The van der Waals surface area contributed by atoms with Gasteiger partial charge in [-0.1, -0.05) is 133 Å². The molecule has 0 saturated heterocycles. The molecule has 0 radical (unpaired) electrons. The molecule has 258 valence electrons. The van der Waals surface area contributed by atoms with E-state index in [-0.39, 0.29) is 0 Å². The number of furan rings is 2. The molecule has 0 fully saturated rings. The highest BCUT2D eigenvalue weighted by atomic mass is 16.3. The van der Waals surface area contributed by atoms with E-state index in [0.717, 1.165) is 94.1 Å². The van der Waals surface area contributed by atoms with Gasteiger partial charge in [0.25, 0.3) is 0 Å². The van der Waals surface area contributed by atoms with E-state index in [0.29, 0.717) is 0 Å². The van der Waals surface area contributed by atoms with E-state index in [1.807, 2.05) is 12.1 Å². The third kappa shape index (κ3) is 5.28. The first kappa shape index (κ1) is 31.2. The highest BCUT2D eigenvalue weighted by Crippen LogP contribution is 2.43. The van der Waals surface area contributed by atoms with Gasteiger partial charge in [-0.25, -0.2) is 0 Å². The molecule has 0 unspecified atom stereocenters. The summed E-state index contributed by atoms with van der Waals surface area (Å²) < 4.78 is 12.8. The maximum Gasteiger partial charge on any atom is 0.143 e. The number of anilines is 3. The lowest BCUT2D eigenvalue weighted by atomic mass is 9.97. The Kier molecular flexibility index (Phi) is 7.17. The standard InChI is InChI=1S/C52H33NO2/c1-2-11-34(12-3-1)37-14-8-16-41(31-37)53(40-27-23-35(24-28-40)38-26-29-46-45-19-6-7-21-48(45)54-50(46)33-38)42-17-9-15-39(32-42)43-20-10-22-49-51(43)47-30-25-36-13-4-5-18-44(36)52(47)55-49/h1-33H. The predicted molar refractivity (Wildman–Crippen MR) is 229 cm³/mol. The maximum atomic E-state index is 6.57. The number of benzene rings is 9. The fraction of sp³-hybridized carbons (Fsp3) is 0. The summed E-state index contributed by atoms with van der Waals surface area (Å²) in [6.07, 6.45) is 0. The van der Waals surface area contributed by atoms with Crippen molar-refractivity contribution >= 4 is 71.7 Å². The molecule has 0 atom stereocenters. The van der Waals surface area contributed by atoms with Crippen molar-refractivity contribution in [2.75, 3.05) is 4.90 Å². The lowest BCUT2D eigenvalue weighted by Crippen LogP contribution is -2.10.